The van der Waals surface area contributed by atoms with Gasteiger partial charge in [0.1, 0.15) is 23.9 Å². The van der Waals surface area contributed by atoms with E-state index < -0.39 is 6.61 Å². The van der Waals surface area contributed by atoms with Crippen molar-refractivity contribution in [1.82, 2.24) is 5.32 Å². The smallest absolute Gasteiger partial charge is 0.387 e. The van der Waals surface area contributed by atoms with E-state index in [-0.39, 0.29) is 24.8 Å². The van der Waals surface area contributed by atoms with Crippen molar-refractivity contribution in [2.45, 2.75) is 19.8 Å². The highest BCUT2D eigenvalue weighted by Crippen LogP contribution is 2.19. The van der Waals surface area contributed by atoms with Crippen LogP contribution in [0.3, 0.4) is 0 Å². The molecule has 0 aliphatic rings. The predicted molar refractivity (Wildman–Crippen MR) is 108 cm³/mol. The predicted octanol–water partition coefficient (Wildman–Crippen LogP) is 4.56. The van der Waals surface area contributed by atoms with Crippen molar-refractivity contribution in [1.29, 1.82) is 0 Å². The first-order chi connectivity index (χ1) is 14.6. The fourth-order valence-corrected chi connectivity index (χ4v) is 2.56. The quantitative estimate of drug-likeness (QED) is 0.529. The highest BCUT2D eigenvalue weighted by atomic mass is 19.3. The van der Waals surface area contributed by atoms with Crippen molar-refractivity contribution in [3.8, 4) is 17.2 Å². The number of nitrogens with one attached hydrogen (secondary N) is 1. The van der Waals surface area contributed by atoms with Crippen LogP contribution in [0.5, 0.6) is 17.2 Å². The molecule has 30 heavy (non-hydrogen) atoms. The van der Waals surface area contributed by atoms with Crippen LogP contribution in [-0.2, 0) is 17.9 Å². The molecule has 0 spiro atoms. The lowest BCUT2D eigenvalue weighted by atomic mass is 10.2. The maximum Gasteiger partial charge on any atom is 0.387 e. The van der Waals surface area contributed by atoms with Gasteiger partial charge in [-0.25, -0.2) is 0 Å². The molecular weight excluding hydrogens is 392 g/mol. The average Bonchev–Trinajstić information content (AvgIpc) is 2.77. The summed E-state index contributed by atoms with van der Waals surface area (Å²) in [5.74, 6) is 1.02. The number of halogens is 2. The molecule has 0 heterocycles. The molecule has 0 radical (unpaired) electrons. The van der Waals surface area contributed by atoms with Gasteiger partial charge in [-0.1, -0.05) is 42.5 Å². The first-order valence-electron chi connectivity index (χ1n) is 9.28. The maximum absolute atomic E-state index is 12.1. The zero-order valence-electron chi connectivity index (χ0n) is 16.1. The van der Waals surface area contributed by atoms with Crippen molar-refractivity contribution >= 4 is 5.91 Å². The second kappa shape index (κ2) is 10.8. The first kappa shape index (κ1) is 21.1. The van der Waals surface area contributed by atoms with Gasteiger partial charge in [-0.05, 0) is 47.5 Å². The highest BCUT2D eigenvalue weighted by Gasteiger charge is 2.06. The molecule has 0 atom stereocenters. The van der Waals surface area contributed by atoms with Gasteiger partial charge < -0.3 is 19.5 Å². The molecule has 1 amide bonds. The molecule has 0 aliphatic heterocycles. The van der Waals surface area contributed by atoms with Crippen LogP contribution < -0.4 is 19.5 Å². The van der Waals surface area contributed by atoms with Gasteiger partial charge in [0.15, 0.2) is 6.61 Å². The molecule has 0 saturated heterocycles. The number of carbonyl (C=O) groups is 1. The maximum atomic E-state index is 12.1. The molecule has 0 fully saturated rings. The first-order valence-corrected chi connectivity index (χ1v) is 9.28. The van der Waals surface area contributed by atoms with Gasteiger partial charge in [0.2, 0.25) is 0 Å². The lowest BCUT2D eigenvalue weighted by molar-refractivity contribution is -0.123. The fraction of sp³-hybridized carbons (Fsp3) is 0.174. The number of carbonyl (C=O) groups excluding carboxylic acids is 1. The highest BCUT2D eigenvalue weighted by molar-refractivity contribution is 5.77. The van der Waals surface area contributed by atoms with Crippen molar-refractivity contribution in [2.75, 3.05) is 6.61 Å². The van der Waals surface area contributed by atoms with Crippen molar-refractivity contribution in [3.63, 3.8) is 0 Å². The third-order valence-corrected chi connectivity index (χ3v) is 4.08. The second-order valence-corrected chi connectivity index (χ2v) is 6.33. The van der Waals surface area contributed by atoms with Gasteiger partial charge in [0.05, 0.1) is 0 Å². The van der Waals surface area contributed by atoms with Crippen LogP contribution in [0.4, 0.5) is 8.78 Å². The Morgan fingerprint density at radius 3 is 2.00 bits per heavy atom. The Labute approximate surface area is 173 Å². The number of benzene rings is 3. The van der Waals surface area contributed by atoms with E-state index in [2.05, 4.69) is 10.1 Å². The number of hydrogen-bond acceptors (Lipinski definition) is 4. The molecule has 0 unspecified atom stereocenters. The van der Waals surface area contributed by atoms with E-state index in [0.29, 0.717) is 18.1 Å². The van der Waals surface area contributed by atoms with E-state index in [1.54, 1.807) is 36.4 Å². The average molecular weight is 413 g/mol. The molecule has 0 aromatic heterocycles. The lowest BCUT2D eigenvalue weighted by Gasteiger charge is -2.10. The third-order valence-electron chi connectivity index (χ3n) is 4.08. The van der Waals surface area contributed by atoms with Gasteiger partial charge >= 0.3 is 6.61 Å². The Bertz CT molecular complexity index is 916. The second-order valence-electron chi connectivity index (χ2n) is 6.33. The molecular formula is C23H21F2NO4. The van der Waals surface area contributed by atoms with Gasteiger partial charge in [-0.15, -0.1) is 0 Å². The zero-order valence-corrected chi connectivity index (χ0v) is 16.1. The molecule has 0 bridgehead atoms. The molecule has 0 aliphatic carbocycles. The van der Waals surface area contributed by atoms with E-state index in [1.165, 1.54) is 12.1 Å². The number of alkyl halides is 2. The SMILES string of the molecule is O=C(COc1ccc(OCc2ccccc2)cc1)NCc1ccc(OC(F)F)cc1. The third kappa shape index (κ3) is 7.09. The van der Waals surface area contributed by atoms with Crippen LogP contribution in [0, 0.1) is 0 Å². The van der Waals surface area contributed by atoms with Gasteiger partial charge in [0.25, 0.3) is 5.91 Å². The molecule has 3 rings (SSSR count). The summed E-state index contributed by atoms with van der Waals surface area (Å²) in [6.45, 7) is -2.28. The summed E-state index contributed by atoms with van der Waals surface area (Å²) in [4.78, 5) is 11.9. The topological polar surface area (TPSA) is 56.8 Å². The molecule has 0 saturated carbocycles. The van der Waals surface area contributed by atoms with Crippen LogP contribution in [-0.4, -0.2) is 19.1 Å². The summed E-state index contributed by atoms with van der Waals surface area (Å²) in [5, 5.41) is 2.70. The standard InChI is InChI=1S/C23H21F2NO4/c24-23(25)30-21-8-6-17(7-9-21)14-26-22(27)16-29-20-12-10-19(11-13-20)28-15-18-4-2-1-3-5-18/h1-13,23H,14-16H2,(H,26,27). The minimum Gasteiger partial charge on any atom is -0.489 e. The van der Waals surface area contributed by atoms with Gasteiger partial charge in [0, 0.05) is 6.54 Å². The fourth-order valence-electron chi connectivity index (χ4n) is 2.56. The van der Waals surface area contributed by atoms with Crippen LogP contribution in [0.2, 0.25) is 0 Å². The van der Waals surface area contributed by atoms with Crippen molar-refractivity contribution in [3.05, 3.63) is 90.0 Å². The Kier molecular flexibility index (Phi) is 7.60. The summed E-state index contributed by atoms with van der Waals surface area (Å²) in [7, 11) is 0. The molecule has 5 nitrogen and oxygen atoms in total. The van der Waals surface area contributed by atoms with Crippen molar-refractivity contribution < 1.29 is 27.8 Å². The Morgan fingerprint density at radius 1 is 0.767 bits per heavy atom. The number of ether oxygens (including phenoxy) is 3. The van der Waals surface area contributed by atoms with Crippen molar-refractivity contribution in [2.24, 2.45) is 0 Å². The van der Waals surface area contributed by atoms with Gasteiger partial charge in [-0.2, -0.15) is 8.78 Å². The van der Waals surface area contributed by atoms with E-state index in [9.17, 15) is 13.6 Å². The van der Waals surface area contributed by atoms with Crippen LogP contribution in [0.15, 0.2) is 78.9 Å². The number of hydrogen-bond donors (Lipinski definition) is 1. The summed E-state index contributed by atoms with van der Waals surface area (Å²) in [5.41, 5.74) is 1.83. The summed E-state index contributed by atoms with van der Waals surface area (Å²) >= 11 is 0. The number of rotatable bonds is 10. The van der Waals surface area contributed by atoms with Crippen LogP contribution in [0.1, 0.15) is 11.1 Å². The van der Waals surface area contributed by atoms with Gasteiger partial charge in [-0.3, -0.25) is 4.79 Å². The monoisotopic (exact) mass is 413 g/mol. The molecule has 3 aromatic carbocycles. The van der Waals surface area contributed by atoms with Crippen LogP contribution in [0.25, 0.3) is 0 Å². The minimum absolute atomic E-state index is 0.0691. The molecule has 156 valence electrons. The normalized spacial score (nSPS) is 10.5. The summed E-state index contributed by atoms with van der Waals surface area (Å²) < 4.78 is 39.7. The Morgan fingerprint density at radius 2 is 1.37 bits per heavy atom. The minimum atomic E-state index is -2.86. The van der Waals surface area contributed by atoms with E-state index in [4.69, 9.17) is 9.47 Å². The molecule has 7 heteroatoms. The molecule has 1 N–H and O–H groups in total. The summed E-state index contributed by atoms with van der Waals surface area (Å²) in [6.07, 6.45) is 0. The summed E-state index contributed by atoms with van der Waals surface area (Å²) in [6, 6.07) is 22.9. The Balaban J connectivity index is 1.38. The van der Waals surface area contributed by atoms with E-state index >= 15 is 0 Å². The largest absolute Gasteiger partial charge is 0.489 e. The molecule has 3 aromatic rings. The number of amides is 1. The lowest BCUT2D eigenvalue weighted by Crippen LogP contribution is -2.28. The zero-order chi connectivity index (χ0) is 21.2. The Hall–Kier alpha value is -3.61. The van der Waals surface area contributed by atoms with E-state index in [0.717, 1.165) is 11.1 Å². The van der Waals surface area contributed by atoms with E-state index in [1.807, 2.05) is 30.3 Å². The van der Waals surface area contributed by atoms with Crippen LogP contribution >= 0.6 is 0 Å².